The predicted molar refractivity (Wildman–Crippen MR) is 106 cm³/mol. The van der Waals surface area contributed by atoms with E-state index in [0.29, 0.717) is 6.54 Å². The normalized spacial score (nSPS) is 11.6. The van der Waals surface area contributed by atoms with Crippen molar-refractivity contribution < 1.29 is 0 Å². The molecule has 3 aromatic rings. The average molecular weight is 366 g/mol. The fraction of sp³-hybridized carbons (Fsp3) is 0.368. The number of aliphatic imine (C=N–C) groups is 1. The summed E-state index contributed by atoms with van der Waals surface area (Å²) in [5.41, 5.74) is 1.06. The van der Waals surface area contributed by atoms with Crippen molar-refractivity contribution in [2.75, 3.05) is 13.1 Å². The van der Waals surface area contributed by atoms with E-state index in [1.54, 1.807) is 12.4 Å². The fourth-order valence-electron chi connectivity index (χ4n) is 2.67. The van der Waals surface area contributed by atoms with Crippen LogP contribution in [0.15, 0.2) is 54.2 Å². The van der Waals surface area contributed by atoms with Gasteiger partial charge in [0.15, 0.2) is 5.96 Å². The molecule has 0 unspecified atom stereocenters. The first kappa shape index (κ1) is 18.6. The lowest BCUT2D eigenvalue weighted by Crippen LogP contribution is -2.38. The number of aryl methyl sites for hydroxylation is 2. The Morgan fingerprint density at radius 1 is 1.15 bits per heavy atom. The number of aromatic nitrogens is 5. The van der Waals surface area contributed by atoms with Gasteiger partial charge in [0.1, 0.15) is 11.6 Å². The van der Waals surface area contributed by atoms with Crippen LogP contribution in [0.2, 0.25) is 0 Å². The lowest BCUT2D eigenvalue weighted by atomic mass is 10.3. The smallest absolute Gasteiger partial charge is 0.191 e. The van der Waals surface area contributed by atoms with Gasteiger partial charge in [0.2, 0.25) is 0 Å². The topological polar surface area (TPSA) is 85.0 Å². The van der Waals surface area contributed by atoms with Crippen LogP contribution >= 0.6 is 0 Å². The molecule has 3 rings (SSSR count). The van der Waals surface area contributed by atoms with Crippen LogP contribution in [0.1, 0.15) is 24.7 Å². The van der Waals surface area contributed by atoms with Gasteiger partial charge < -0.3 is 10.6 Å². The highest BCUT2D eigenvalue weighted by Crippen LogP contribution is 2.09. The van der Waals surface area contributed by atoms with E-state index in [2.05, 4.69) is 37.6 Å². The molecule has 0 aliphatic rings. The van der Waals surface area contributed by atoms with Gasteiger partial charge in [-0.25, -0.2) is 15.0 Å². The first-order valence-electron chi connectivity index (χ1n) is 9.21. The third-order valence-corrected chi connectivity index (χ3v) is 4.06. The standard InChI is InChI=1S/C19H26N8/c1-3-20-19(22-8-4-11-26-12-5-9-25-26)24-15-17-6-7-18(23-14-17)27-13-10-21-16(27)2/h5-7,9-10,12-14H,3-4,8,11,15H2,1-2H3,(H2,20,22,24). The minimum Gasteiger partial charge on any atom is -0.357 e. The van der Waals surface area contributed by atoms with Crippen molar-refractivity contribution in [2.45, 2.75) is 33.4 Å². The molecule has 3 heterocycles. The third kappa shape index (κ3) is 5.40. The summed E-state index contributed by atoms with van der Waals surface area (Å²) in [6, 6.07) is 5.98. The van der Waals surface area contributed by atoms with Gasteiger partial charge in [0.25, 0.3) is 0 Å². The molecule has 2 N–H and O–H groups in total. The molecule has 0 saturated carbocycles. The second-order valence-electron chi connectivity index (χ2n) is 6.11. The minimum atomic E-state index is 0.574. The molecule has 142 valence electrons. The molecule has 0 aromatic carbocycles. The molecule has 3 aromatic heterocycles. The highest BCUT2D eigenvalue weighted by Gasteiger charge is 2.02. The predicted octanol–water partition coefficient (Wildman–Crippen LogP) is 1.92. The molecule has 0 amide bonds. The average Bonchev–Trinajstić information content (AvgIpc) is 3.35. The number of imidazole rings is 1. The van der Waals surface area contributed by atoms with E-state index in [-0.39, 0.29) is 0 Å². The second-order valence-corrected chi connectivity index (χ2v) is 6.11. The molecule has 8 heteroatoms. The number of nitrogens with one attached hydrogen (secondary N) is 2. The van der Waals surface area contributed by atoms with Gasteiger partial charge >= 0.3 is 0 Å². The first-order valence-corrected chi connectivity index (χ1v) is 9.21. The lowest BCUT2D eigenvalue weighted by molar-refractivity contribution is 0.570. The summed E-state index contributed by atoms with van der Waals surface area (Å²) in [5, 5.41) is 10.8. The van der Waals surface area contributed by atoms with Gasteiger partial charge in [-0.1, -0.05) is 6.07 Å². The Morgan fingerprint density at radius 2 is 2.07 bits per heavy atom. The van der Waals surface area contributed by atoms with Gasteiger partial charge in [0.05, 0.1) is 6.54 Å². The molecule has 0 spiro atoms. The van der Waals surface area contributed by atoms with Crippen molar-refractivity contribution >= 4 is 5.96 Å². The summed E-state index contributed by atoms with van der Waals surface area (Å²) < 4.78 is 3.89. The molecular weight excluding hydrogens is 340 g/mol. The Balaban J connectivity index is 1.52. The van der Waals surface area contributed by atoms with E-state index >= 15 is 0 Å². The summed E-state index contributed by atoms with van der Waals surface area (Å²) in [7, 11) is 0. The summed E-state index contributed by atoms with van der Waals surface area (Å²) in [5.74, 6) is 2.59. The Hall–Kier alpha value is -3.16. The van der Waals surface area contributed by atoms with Crippen molar-refractivity contribution in [3.63, 3.8) is 0 Å². The lowest BCUT2D eigenvalue weighted by Gasteiger charge is -2.11. The molecule has 8 nitrogen and oxygen atoms in total. The largest absolute Gasteiger partial charge is 0.357 e. The Labute approximate surface area is 159 Å². The van der Waals surface area contributed by atoms with Gasteiger partial charge in [-0.2, -0.15) is 5.10 Å². The minimum absolute atomic E-state index is 0.574. The maximum Gasteiger partial charge on any atom is 0.191 e. The summed E-state index contributed by atoms with van der Waals surface area (Å²) >= 11 is 0. The molecule has 0 aliphatic carbocycles. The maximum atomic E-state index is 4.64. The van der Waals surface area contributed by atoms with Crippen LogP contribution in [-0.4, -0.2) is 43.4 Å². The number of pyridine rings is 1. The van der Waals surface area contributed by atoms with E-state index in [4.69, 9.17) is 0 Å². The van der Waals surface area contributed by atoms with E-state index < -0.39 is 0 Å². The first-order chi connectivity index (χ1) is 13.3. The van der Waals surface area contributed by atoms with Crippen LogP contribution in [0, 0.1) is 6.92 Å². The number of rotatable bonds is 8. The van der Waals surface area contributed by atoms with Gasteiger partial charge in [-0.05, 0) is 38.0 Å². The number of guanidine groups is 1. The van der Waals surface area contributed by atoms with Gasteiger partial charge in [0, 0.05) is 50.6 Å². The monoisotopic (exact) mass is 366 g/mol. The van der Waals surface area contributed by atoms with Crippen LogP contribution in [0.5, 0.6) is 0 Å². The van der Waals surface area contributed by atoms with Crippen LogP contribution in [0.25, 0.3) is 5.82 Å². The van der Waals surface area contributed by atoms with Crippen LogP contribution in [-0.2, 0) is 13.1 Å². The number of nitrogens with zero attached hydrogens (tertiary/aromatic N) is 6. The van der Waals surface area contributed by atoms with Crippen molar-refractivity contribution in [1.82, 2.24) is 34.9 Å². The Morgan fingerprint density at radius 3 is 2.74 bits per heavy atom. The van der Waals surface area contributed by atoms with Crippen LogP contribution in [0.3, 0.4) is 0 Å². The van der Waals surface area contributed by atoms with Crippen molar-refractivity contribution in [3.05, 3.63) is 60.6 Å². The third-order valence-electron chi connectivity index (χ3n) is 4.06. The summed E-state index contributed by atoms with van der Waals surface area (Å²) in [6.45, 7) is 7.14. The molecule has 0 radical (unpaired) electrons. The highest BCUT2D eigenvalue weighted by atomic mass is 15.3. The van der Waals surface area contributed by atoms with Crippen LogP contribution in [0.4, 0.5) is 0 Å². The summed E-state index contributed by atoms with van der Waals surface area (Å²) in [4.78, 5) is 13.4. The zero-order valence-electron chi connectivity index (χ0n) is 15.8. The highest BCUT2D eigenvalue weighted by molar-refractivity contribution is 5.79. The van der Waals surface area contributed by atoms with Crippen molar-refractivity contribution in [1.29, 1.82) is 0 Å². The van der Waals surface area contributed by atoms with E-state index in [9.17, 15) is 0 Å². The molecule has 0 atom stereocenters. The fourth-order valence-corrected chi connectivity index (χ4v) is 2.67. The summed E-state index contributed by atoms with van der Waals surface area (Å²) in [6.07, 6.45) is 10.3. The molecular formula is C19H26N8. The van der Waals surface area contributed by atoms with Gasteiger partial charge in [-0.3, -0.25) is 9.25 Å². The molecule has 0 saturated heterocycles. The quantitative estimate of drug-likeness (QED) is 0.361. The zero-order valence-corrected chi connectivity index (χ0v) is 15.8. The van der Waals surface area contributed by atoms with E-state index in [0.717, 1.165) is 49.2 Å². The Kier molecular flexibility index (Phi) is 6.56. The van der Waals surface area contributed by atoms with E-state index in [1.165, 1.54) is 0 Å². The van der Waals surface area contributed by atoms with Crippen molar-refractivity contribution in [2.24, 2.45) is 4.99 Å². The van der Waals surface area contributed by atoms with Crippen LogP contribution < -0.4 is 10.6 Å². The second kappa shape index (κ2) is 9.51. The molecule has 0 aliphatic heterocycles. The maximum absolute atomic E-state index is 4.64. The molecule has 0 fully saturated rings. The van der Waals surface area contributed by atoms with Gasteiger partial charge in [-0.15, -0.1) is 0 Å². The SMILES string of the molecule is CCNC(=NCc1ccc(-n2ccnc2C)nc1)NCCCn1cccn1. The molecule has 0 bridgehead atoms. The number of hydrogen-bond acceptors (Lipinski definition) is 4. The molecule has 27 heavy (non-hydrogen) atoms. The zero-order chi connectivity index (χ0) is 18.9. The van der Waals surface area contributed by atoms with Crippen molar-refractivity contribution in [3.8, 4) is 5.82 Å². The number of hydrogen-bond donors (Lipinski definition) is 2. The Bertz CT molecular complexity index is 833. The van der Waals surface area contributed by atoms with E-state index in [1.807, 2.05) is 53.0 Å².